The Labute approximate surface area is 136 Å². The van der Waals surface area contributed by atoms with Crippen molar-refractivity contribution in [3.8, 4) is 5.75 Å². The number of rotatable bonds is 5. The fourth-order valence-corrected chi connectivity index (χ4v) is 2.44. The van der Waals surface area contributed by atoms with Crippen LogP contribution < -0.4 is 15.8 Å². The molecule has 1 heterocycles. The lowest BCUT2D eigenvalue weighted by molar-refractivity contribution is 0.0955. The molecule has 3 N–H and O–H groups in total. The molecule has 23 heavy (non-hydrogen) atoms. The Bertz CT molecular complexity index is 716. The van der Waals surface area contributed by atoms with Crippen molar-refractivity contribution in [2.75, 3.05) is 12.8 Å². The predicted molar refractivity (Wildman–Crippen MR) is 89.4 cm³/mol. The summed E-state index contributed by atoms with van der Waals surface area (Å²) in [7, 11) is 1.57. The number of carbonyl (C=O) groups is 1. The molecule has 1 atom stereocenters. The number of nitrogens with two attached hydrogens (primary N) is 1. The molecule has 0 spiro atoms. The molecule has 6 nitrogen and oxygen atoms in total. The number of hydrogen-bond acceptors (Lipinski definition) is 5. The summed E-state index contributed by atoms with van der Waals surface area (Å²) in [6, 6.07) is 7.75. The van der Waals surface area contributed by atoms with Crippen molar-refractivity contribution in [1.29, 1.82) is 0 Å². The third kappa shape index (κ3) is 3.77. The number of amides is 1. The van der Waals surface area contributed by atoms with Crippen molar-refractivity contribution in [2.45, 2.75) is 33.3 Å². The highest BCUT2D eigenvalue weighted by Gasteiger charge is 2.24. The average molecular weight is 314 g/mol. The van der Waals surface area contributed by atoms with Gasteiger partial charge in [-0.2, -0.15) is 0 Å². The Balaban J connectivity index is 2.46. The van der Waals surface area contributed by atoms with Crippen LogP contribution in [0.5, 0.6) is 5.75 Å². The average Bonchev–Trinajstić information content (AvgIpc) is 2.51. The predicted octanol–water partition coefficient (Wildman–Crippen LogP) is 2.57. The number of ether oxygens (including phenoxy) is 1. The molecular weight excluding hydrogens is 292 g/mol. The quantitative estimate of drug-likeness (QED) is 0.885. The first-order valence-corrected chi connectivity index (χ1v) is 7.55. The molecule has 2 rings (SSSR count). The monoisotopic (exact) mass is 314 g/mol. The Hall–Kier alpha value is -2.63. The molecule has 0 aliphatic rings. The first kappa shape index (κ1) is 16.7. The number of nitrogens with zero attached hydrogens (tertiary/aromatic N) is 2. The van der Waals surface area contributed by atoms with E-state index < -0.39 is 0 Å². The molecule has 0 aliphatic heterocycles. The Morgan fingerprint density at radius 1 is 1.35 bits per heavy atom. The standard InChI is InChI=1S/C17H22N4O2/c1-5-13(23-12-8-6-7-10(2)9-12)15-14(16(22)19-4)11(3)20-17(18)21-15/h6-9,13H,5H2,1-4H3,(H,19,22)(H2,18,20,21). The molecule has 6 heteroatoms. The van der Waals surface area contributed by atoms with Crippen LogP contribution >= 0.6 is 0 Å². The molecule has 0 saturated heterocycles. The minimum Gasteiger partial charge on any atom is -0.484 e. The number of aryl methyl sites for hydroxylation is 2. The van der Waals surface area contributed by atoms with Crippen LogP contribution in [0.4, 0.5) is 5.95 Å². The fourth-order valence-electron chi connectivity index (χ4n) is 2.44. The summed E-state index contributed by atoms with van der Waals surface area (Å²) in [4.78, 5) is 20.6. The Morgan fingerprint density at radius 3 is 2.70 bits per heavy atom. The van der Waals surface area contributed by atoms with Gasteiger partial charge in [-0.15, -0.1) is 0 Å². The zero-order chi connectivity index (χ0) is 17.0. The van der Waals surface area contributed by atoms with E-state index in [1.165, 1.54) is 0 Å². The fraction of sp³-hybridized carbons (Fsp3) is 0.353. The summed E-state index contributed by atoms with van der Waals surface area (Å²) < 4.78 is 6.05. The van der Waals surface area contributed by atoms with Crippen LogP contribution in [0.2, 0.25) is 0 Å². The van der Waals surface area contributed by atoms with Gasteiger partial charge in [0.2, 0.25) is 5.95 Å². The smallest absolute Gasteiger partial charge is 0.254 e. The van der Waals surface area contributed by atoms with Crippen molar-refractivity contribution in [2.24, 2.45) is 0 Å². The topological polar surface area (TPSA) is 90.1 Å². The Kier molecular flexibility index (Phi) is 5.16. The maximum atomic E-state index is 12.2. The number of benzene rings is 1. The number of carbonyl (C=O) groups excluding carboxylic acids is 1. The van der Waals surface area contributed by atoms with Gasteiger partial charge < -0.3 is 15.8 Å². The summed E-state index contributed by atoms with van der Waals surface area (Å²) in [5, 5.41) is 2.62. The zero-order valence-electron chi connectivity index (χ0n) is 13.9. The van der Waals surface area contributed by atoms with Gasteiger partial charge in [0.1, 0.15) is 11.9 Å². The van der Waals surface area contributed by atoms with E-state index in [1.807, 2.05) is 38.1 Å². The van der Waals surface area contributed by atoms with E-state index in [9.17, 15) is 4.79 Å². The molecule has 0 saturated carbocycles. The second-order valence-electron chi connectivity index (χ2n) is 5.34. The summed E-state index contributed by atoms with van der Waals surface area (Å²) in [5.74, 6) is 0.620. The summed E-state index contributed by atoms with van der Waals surface area (Å²) >= 11 is 0. The second kappa shape index (κ2) is 7.09. The van der Waals surface area contributed by atoms with E-state index in [0.29, 0.717) is 23.4 Å². The lowest BCUT2D eigenvalue weighted by Gasteiger charge is -2.20. The molecule has 0 radical (unpaired) electrons. The molecule has 0 bridgehead atoms. The second-order valence-corrected chi connectivity index (χ2v) is 5.34. The van der Waals surface area contributed by atoms with Gasteiger partial charge in [0.15, 0.2) is 0 Å². The van der Waals surface area contributed by atoms with Crippen molar-refractivity contribution < 1.29 is 9.53 Å². The minimum atomic E-state index is -0.381. The van der Waals surface area contributed by atoms with Crippen LogP contribution in [0.3, 0.4) is 0 Å². The van der Waals surface area contributed by atoms with Gasteiger partial charge >= 0.3 is 0 Å². The molecule has 2 aromatic rings. The maximum Gasteiger partial charge on any atom is 0.254 e. The highest BCUT2D eigenvalue weighted by Crippen LogP contribution is 2.28. The van der Waals surface area contributed by atoms with Gasteiger partial charge in [0, 0.05) is 7.05 Å². The third-order valence-electron chi connectivity index (χ3n) is 3.53. The van der Waals surface area contributed by atoms with E-state index in [0.717, 1.165) is 11.3 Å². The largest absolute Gasteiger partial charge is 0.484 e. The van der Waals surface area contributed by atoms with Gasteiger partial charge in [-0.1, -0.05) is 19.1 Å². The van der Waals surface area contributed by atoms with Crippen molar-refractivity contribution >= 4 is 11.9 Å². The molecule has 0 fully saturated rings. The van der Waals surface area contributed by atoms with E-state index in [2.05, 4.69) is 15.3 Å². The van der Waals surface area contributed by atoms with Gasteiger partial charge in [0.05, 0.1) is 17.0 Å². The minimum absolute atomic E-state index is 0.136. The van der Waals surface area contributed by atoms with Crippen molar-refractivity contribution in [3.63, 3.8) is 0 Å². The van der Waals surface area contributed by atoms with E-state index in [1.54, 1.807) is 14.0 Å². The summed E-state index contributed by atoms with van der Waals surface area (Å²) in [5.41, 5.74) is 8.34. The number of hydrogen-bond donors (Lipinski definition) is 2. The third-order valence-corrected chi connectivity index (χ3v) is 3.53. The molecular formula is C17H22N4O2. The molecule has 1 unspecified atom stereocenters. The molecule has 1 amide bonds. The number of anilines is 1. The van der Waals surface area contributed by atoms with Crippen LogP contribution in [0, 0.1) is 13.8 Å². The van der Waals surface area contributed by atoms with Gasteiger partial charge in [0.25, 0.3) is 5.91 Å². The maximum absolute atomic E-state index is 12.2. The lowest BCUT2D eigenvalue weighted by Crippen LogP contribution is -2.25. The zero-order valence-corrected chi connectivity index (χ0v) is 13.9. The molecule has 1 aromatic carbocycles. The normalized spacial score (nSPS) is 11.8. The van der Waals surface area contributed by atoms with E-state index >= 15 is 0 Å². The first-order chi connectivity index (χ1) is 11.0. The van der Waals surface area contributed by atoms with Crippen LogP contribution in [0.15, 0.2) is 24.3 Å². The van der Waals surface area contributed by atoms with Crippen LogP contribution in [-0.2, 0) is 0 Å². The highest BCUT2D eigenvalue weighted by atomic mass is 16.5. The van der Waals surface area contributed by atoms with Crippen molar-refractivity contribution in [1.82, 2.24) is 15.3 Å². The molecule has 1 aromatic heterocycles. The number of nitrogen functional groups attached to an aromatic ring is 1. The lowest BCUT2D eigenvalue weighted by atomic mass is 10.0. The van der Waals surface area contributed by atoms with Crippen LogP contribution in [0.25, 0.3) is 0 Å². The van der Waals surface area contributed by atoms with Gasteiger partial charge in [-0.25, -0.2) is 9.97 Å². The SMILES string of the molecule is CCC(Oc1cccc(C)c1)c1nc(N)nc(C)c1C(=O)NC. The summed E-state index contributed by atoms with van der Waals surface area (Å²) in [6.07, 6.45) is 0.265. The van der Waals surface area contributed by atoms with E-state index in [4.69, 9.17) is 10.5 Å². The van der Waals surface area contributed by atoms with Crippen LogP contribution in [0.1, 0.15) is 46.8 Å². The van der Waals surface area contributed by atoms with Gasteiger partial charge in [-0.3, -0.25) is 4.79 Å². The van der Waals surface area contributed by atoms with Crippen molar-refractivity contribution in [3.05, 3.63) is 46.8 Å². The summed E-state index contributed by atoms with van der Waals surface area (Å²) in [6.45, 7) is 5.71. The Morgan fingerprint density at radius 2 is 2.09 bits per heavy atom. The van der Waals surface area contributed by atoms with Crippen LogP contribution in [-0.4, -0.2) is 22.9 Å². The molecule has 0 aliphatic carbocycles. The number of aromatic nitrogens is 2. The highest BCUT2D eigenvalue weighted by molar-refractivity contribution is 5.96. The van der Waals surface area contributed by atoms with E-state index in [-0.39, 0.29) is 18.0 Å². The molecule has 122 valence electrons. The van der Waals surface area contributed by atoms with Gasteiger partial charge in [-0.05, 0) is 38.0 Å². The first-order valence-electron chi connectivity index (χ1n) is 7.55. The number of nitrogens with one attached hydrogen (secondary N) is 1.